The lowest BCUT2D eigenvalue weighted by atomic mass is 10.0. The molecule has 118 valence electrons. The van der Waals surface area contributed by atoms with E-state index in [4.69, 9.17) is 0 Å². The van der Waals surface area contributed by atoms with Crippen LogP contribution in [0.15, 0.2) is 36.9 Å². The minimum Gasteiger partial charge on any atom is -0.365 e. The van der Waals surface area contributed by atoms with Crippen LogP contribution in [0.1, 0.15) is 19.8 Å². The number of hydrogen-bond acceptors (Lipinski definition) is 6. The van der Waals surface area contributed by atoms with Crippen LogP contribution >= 0.6 is 0 Å². The first-order chi connectivity index (χ1) is 11.3. The highest BCUT2D eigenvalue weighted by molar-refractivity contribution is 5.59. The minimum atomic E-state index is 0.385. The van der Waals surface area contributed by atoms with E-state index in [9.17, 15) is 0 Å². The van der Waals surface area contributed by atoms with Crippen LogP contribution in [0, 0.1) is 0 Å². The third-order valence-corrected chi connectivity index (χ3v) is 4.19. The zero-order valence-electron chi connectivity index (χ0n) is 13.0. The fourth-order valence-corrected chi connectivity index (χ4v) is 2.89. The molecule has 1 fully saturated rings. The van der Waals surface area contributed by atoms with Gasteiger partial charge >= 0.3 is 0 Å². The molecule has 2 atom stereocenters. The predicted molar refractivity (Wildman–Crippen MR) is 88.1 cm³/mol. The van der Waals surface area contributed by atoms with E-state index in [1.165, 1.54) is 6.42 Å². The first kappa shape index (κ1) is 14.1. The van der Waals surface area contributed by atoms with Crippen LogP contribution in [0.2, 0.25) is 0 Å². The number of nitrogens with zero attached hydrogens (tertiary/aromatic N) is 5. The molecular formula is C16H19N7. The van der Waals surface area contributed by atoms with Crippen molar-refractivity contribution in [3.8, 4) is 11.4 Å². The fourth-order valence-electron chi connectivity index (χ4n) is 2.89. The van der Waals surface area contributed by atoms with Crippen LogP contribution in [0.3, 0.4) is 0 Å². The summed E-state index contributed by atoms with van der Waals surface area (Å²) in [5.41, 5.74) is 2.40. The molecule has 0 aliphatic carbocycles. The van der Waals surface area contributed by atoms with Gasteiger partial charge in [-0.3, -0.25) is 4.98 Å². The Labute approximate surface area is 134 Å². The molecular weight excluding hydrogens is 290 g/mol. The van der Waals surface area contributed by atoms with Gasteiger partial charge in [-0.2, -0.15) is 5.10 Å². The van der Waals surface area contributed by atoms with Gasteiger partial charge in [0.15, 0.2) is 5.65 Å². The number of nitrogens with one attached hydrogen (secondary N) is 2. The second-order valence-corrected chi connectivity index (χ2v) is 5.95. The van der Waals surface area contributed by atoms with Crippen LogP contribution < -0.4 is 10.6 Å². The standard InChI is InChI=1S/C16H19N7/c1-11-4-5-12(7-18-11)21-15-10-17-8-13(22-15)14-9-19-16-3-2-6-20-23(14)16/h2-3,6,8-12,18H,4-5,7H2,1H3,(H,21,22)/t11-,12+/m0/s1. The first-order valence-corrected chi connectivity index (χ1v) is 7.91. The van der Waals surface area contributed by atoms with Gasteiger partial charge in [0.25, 0.3) is 0 Å². The van der Waals surface area contributed by atoms with Crippen molar-refractivity contribution in [1.82, 2.24) is 29.9 Å². The van der Waals surface area contributed by atoms with E-state index in [1.807, 2.05) is 12.1 Å². The van der Waals surface area contributed by atoms with Gasteiger partial charge < -0.3 is 10.6 Å². The largest absolute Gasteiger partial charge is 0.365 e. The predicted octanol–water partition coefficient (Wildman–Crippen LogP) is 1.74. The Morgan fingerprint density at radius 1 is 1.26 bits per heavy atom. The summed E-state index contributed by atoms with van der Waals surface area (Å²) < 4.78 is 1.78. The SMILES string of the molecule is C[C@H]1CC[C@@H](Nc2cncc(-c3cnc4cccnn34)n2)CN1. The normalized spacial score (nSPS) is 21.4. The Morgan fingerprint density at radius 3 is 3.09 bits per heavy atom. The highest BCUT2D eigenvalue weighted by Gasteiger charge is 2.18. The molecule has 0 amide bonds. The van der Waals surface area contributed by atoms with E-state index in [1.54, 1.807) is 29.3 Å². The molecule has 4 heterocycles. The number of aromatic nitrogens is 5. The monoisotopic (exact) mass is 309 g/mol. The summed E-state index contributed by atoms with van der Waals surface area (Å²) in [7, 11) is 0. The topological polar surface area (TPSA) is 80.0 Å². The Bertz CT molecular complexity index is 805. The van der Waals surface area contributed by atoms with Crippen molar-refractivity contribution in [2.24, 2.45) is 0 Å². The quantitative estimate of drug-likeness (QED) is 0.767. The number of anilines is 1. The van der Waals surface area contributed by atoms with Crippen LogP contribution in [0.4, 0.5) is 5.82 Å². The maximum Gasteiger partial charge on any atom is 0.154 e. The summed E-state index contributed by atoms with van der Waals surface area (Å²) in [5, 5.41) is 11.3. The van der Waals surface area contributed by atoms with E-state index < -0.39 is 0 Å². The molecule has 1 aliphatic rings. The molecule has 3 aromatic rings. The van der Waals surface area contributed by atoms with Crippen molar-refractivity contribution in [3.63, 3.8) is 0 Å². The molecule has 0 radical (unpaired) electrons. The summed E-state index contributed by atoms with van der Waals surface area (Å²) in [5.74, 6) is 0.787. The maximum absolute atomic E-state index is 4.68. The van der Waals surface area contributed by atoms with Gasteiger partial charge in [-0.1, -0.05) is 0 Å². The van der Waals surface area contributed by atoms with Crippen LogP contribution in [0.5, 0.6) is 0 Å². The summed E-state index contributed by atoms with van der Waals surface area (Å²) >= 11 is 0. The van der Waals surface area contributed by atoms with E-state index in [2.05, 4.69) is 37.6 Å². The smallest absolute Gasteiger partial charge is 0.154 e. The van der Waals surface area contributed by atoms with Crippen molar-refractivity contribution in [2.75, 3.05) is 11.9 Å². The average molecular weight is 309 g/mol. The van der Waals surface area contributed by atoms with Gasteiger partial charge in [-0.15, -0.1) is 0 Å². The maximum atomic E-state index is 4.68. The van der Waals surface area contributed by atoms with E-state index in [-0.39, 0.29) is 0 Å². The van der Waals surface area contributed by atoms with E-state index in [0.717, 1.165) is 35.8 Å². The average Bonchev–Trinajstić information content (AvgIpc) is 3.01. The summed E-state index contributed by atoms with van der Waals surface area (Å²) in [6.45, 7) is 3.17. The second-order valence-electron chi connectivity index (χ2n) is 5.95. The first-order valence-electron chi connectivity index (χ1n) is 7.91. The molecule has 2 N–H and O–H groups in total. The number of rotatable bonds is 3. The third kappa shape index (κ3) is 2.87. The van der Waals surface area contributed by atoms with Gasteiger partial charge in [0.1, 0.15) is 17.2 Å². The van der Waals surface area contributed by atoms with Crippen molar-refractivity contribution >= 4 is 11.5 Å². The summed E-state index contributed by atoms with van der Waals surface area (Å²) in [4.78, 5) is 13.3. The zero-order chi connectivity index (χ0) is 15.6. The highest BCUT2D eigenvalue weighted by Crippen LogP contribution is 2.19. The Morgan fingerprint density at radius 2 is 2.22 bits per heavy atom. The second kappa shape index (κ2) is 5.92. The summed E-state index contributed by atoms with van der Waals surface area (Å²) in [6, 6.07) is 4.76. The Kier molecular flexibility index (Phi) is 3.63. The van der Waals surface area contributed by atoms with Crippen LogP contribution in [-0.4, -0.2) is 43.2 Å². The molecule has 3 aromatic heterocycles. The molecule has 0 saturated carbocycles. The zero-order valence-corrected chi connectivity index (χ0v) is 13.0. The molecule has 7 nitrogen and oxygen atoms in total. The van der Waals surface area contributed by atoms with Crippen molar-refractivity contribution in [3.05, 3.63) is 36.9 Å². The molecule has 0 bridgehead atoms. The van der Waals surface area contributed by atoms with Crippen molar-refractivity contribution in [2.45, 2.75) is 31.8 Å². The molecule has 1 aliphatic heterocycles. The van der Waals surface area contributed by atoms with Gasteiger partial charge in [0.05, 0.1) is 18.6 Å². The molecule has 4 rings (SSSR count). The fraction of sp³-hybridized carbons (Fsp3) is 0.375. The molecule has 0 spiro atoms. The number of hydrogen-bond donors (Lipinski definition) is 2. The van der Waals surface area contributed by atoms with Crippen LogP contribution in [0.25, 0.3) is 17.0 Å². The van der Waals surface area contributed by atoms with Crippen molar-refractivity contribution < 1.29 is 0 Å². The number of fused-ring (bicyclic) bond motifs is 1. The van der Waals surface area contributed by atoms with Crippen molar-refractivity contribution in [1.29, 1.82) is 0 Å². The molecule has 7 heteroatoms. The molecule has 0 aromatic carbocycles. The lowest BCUT2D eigenvalue weighted by molar-refractivity contribution is 0.398. The van der Waals surface area contributed by atoms with Gasteiger partial charge in [0, 0.05) is 24.8 Å². The van der Waals surface area contributed by atoms with E-state index in [0.29, 0.717) is 12.1 Å². The third-order valence-electron chi connectivity index (χ3n) is 4.19. The molecule has 1 saturated heterocycles. The Hall–Kier alpha value is -2.54. The van der Waals surface area contributed by atoms with Gasteiger partial charge in [-0.25, -0.2) is 14.5 Å². The highest BCUT2D eigenvalue weighted by atomic mass is 15.3. The Balaban J connectivity index is 1.59. The number of piperidine rings is 1. The minimum absolute atomic E-state index is 0.385. The number of imidazole rings is 1. The van der Waals surface area contributed by atoms with Gasteiger partial charge in [0.2, 0.25) is 0 Å². The lowest BCUT2D eigenvalue weighted by Gasteiger charge is -2.28. The summed E-state index contributed by atoms with van der Waals surface area (Å²) in [6.07, 6.45) is 9.32. The molecule has 0 unspecified atom stereocenters. The van der Waals surface area contributed by atoms with Crippen LogP contribution in [-0.2, 0) is 0 Å². The molecule has 23 heavy (non-hydrogen) atoms. The van der Waals surface area contributed by atoms with Gasteiger partial charge in [-0.05, 0) is 31.9 Å². The lowest BCUT2D eigenvalue weighted by Crippen LogP contribution is -2.43. The van der Waals surface area contributed by atoms with E-state index >= 15 is 0 Å².